The van der Waals surface area contributed by atoms with Crippen molar-refractivity contribution in [3.8, 4) is 0 Å². The molecule has 0 saturated heterocycles. The molecule has 0 spiro atoms. The Kier molecular flexibility index (Phi) is 5.49. The van der Waals surface area contributed by atoms with Gasteiger partial charge in [0.05, 0.1) is 21.8 Å². The Labute approximate surface area is 163 Å². The number of halogens is 1. The minimum Gasteiger partial charge on any atom is -0.396 e. The van der Waals surface area contributed by atoms with Gasteiger partial charge >= 0.3 is 0 Å². The molecular weight excluding hydrogens is 385 g/mol. The first-order valence-electron chi connectivity index (χ1n) is 9.04. The molecule has 1 saturated carbocycles. The molecule has 1 aliphatic carbocycles. The molecule has 1 aromatic carbocycles. The Hall–Kier alpha value is -2.39. The summed E-state index contributed by atoms with van der Waals surface area (Å²) in [6.45, 7) is 1.68. The lowest BCUT2D eigenvalue weighted by Crippen LogP contribution is -2.31. The van der Waals surface area contributed by atoms with Crippen LogP contribution < -0.4 is 15.6 Å². The maximum Gasteiger partial charge on any atom is 0.252 e. The summed E-state index contributed by atoms with van der Waals surface area (Å²) in [4.78, 5) is 12.1. The Morgan fingerprint density at radius 2 is 1.93 bits per heavy atom. The van der Waals surface area contributed by atoms with Crippen molar-refractivity contribution in [2.45, 2.75) is 37.4 Å². The molecule has 0 bridgehead atoms. The molecule has 0 atom stereocenters. The summed E-state index contributed by atoms with van der Waals surface area (Å²) >= 11 is 0. The van der Waals surface area contributed by atoms with Crippen LogP contribution in [0.3, 0.4) is 0 Å². The number of aliphatic hydroxyl groups is 1. The van der Waals surface area contributed by atoms with Crippen LogP contribution >= 0.6 is 0 Å². The van der Waals surface area contributed by atoms with Gasteiger partial charge in [-0.3, -0.25) is 9.52 Å². The fourth-order valence-electron chi connectivity index (χ4n) is 3.13. The van der Waals surface area contributed by atoms with Gasteiger partial charge in [0, 0.05) is 25.9 Å². The lowest BCUT2D eigenvalue weighted by Gasteiger charge is -2.20. The zero-order chi connectivity index (χ0) is 20.5. The molecule has 1 heterocycles. The van der Waals surface area contributed by atoms with Gasteiger partial charge in [0.1, 0.15) is 5.82 Å². The molecule has 152 valence electrons. The molecule has 1 fully saturated rings. The fraction of sp³-hybridized carbons (Fsp3) is 0.421. The summed E-state index contributed by atoms with van der Waals surface area (Å²) in [5.41, 5.74) is 0.859. The van der Waals surface area contributed by atoms with Crippen molar-refractivity contribution in [1.82, 2.24) is 4.57 Å². The van der Waals surface area contributed by atoms with Gasteiger partial charge in [0.2, 0.25) is 10.0 Å². The van der Waals surface area contributed by atoms with Crippen LogP contribution in [0.4, 0.5) is 21.5 Å². The normalized spacial score (nSPS) is 15.3. The molecule has 0 aliphatic heterocycles. The zero-order valence-electron chi connectivity index (χ0n) is 15.8. The van der Waals surface area contributed by atoms with E-state index in [4.69, 9.17) is 5.11 Å². The quantitative estimate of drug-likeness (QED) is 0.622. The van der Waals surface area contributed by atoms with Gasteiger partial charge in [-0.05, 0) is 50.3 Å². The van der Waals surface area contributed by atoms with E-state index in [9.17, 15) is 17.6 Å². The zero-order valence-corrected chi connectivity index (χ0v) is 16.6. The Morgan fingerprint density at radius 3 is 2.54 bits per heavy atom. The van der Waals surface area contributed by atoms with Crippen molar-refractivity contribution in [3.05, 3.63) is 52.2 Å². The Balaban J connectivity index is 1.95. The van der Waals surface area contributed by atoms with E-state index in [1.165, 1.54) is 36.0 Å². The van der Waals surface area contributed by atoms with Crippen molar-refractivity contribution >= 4 is 27.1 Å². The van der Waals surface area contributed by atoms with Crippen LogP contribution in [0.2, 0.25) is 0 Å². The van der Waals surface area contributed by atoms with Crippen LogP contribution in [0, 0.1) is 12.7 Å². The molecule has 0 radical (unpaired) electrons. The van der Waals surface area contributed by atoms with E-state index in [0.29, 0.717) is 25.7 Å². The van der Waals surface area contributed by atoms with Crippen LogP contribution in [0.5, 0.6) is 0 Å². The predicted molar refractivity (Wildman–Crippen MR) is 107 cm³/mol. The largest absolute Gasteiger partial charge is 0.396 e. The molecule has 3 rings (SSSR count). The second-order valence-corrected chi connectivity index (χ2v) is 9.35. The van der Waals surface area contributed by atoms with Gasteiger partial charge < -0.3 is 15.0 Å². The number of anilines is 3. The summed E-state index contributed by atoms with van der Waals surface area (Å²) in [5, 5.41) is 11.9. The summed E-state index contributed by atoms with van der Waals surface area (Å²) in [6.07, 6.45) is 3.16. The first-order valence-corrected chi connectivity index (χ1v) is 10.5. The van der Waals surface area contributed by atoms with E-state index >= 15 is 0 Å². The predicted octanol–water partition coefficient (Wildman–Crippen LogP) is 2.62. The highest BCUT2D eigenvalue weighted by Gasteiger charge is 2.54. The van der Waals surface area contributed by atoms with Crippen molar-refractivity contribution in [1.29, 1.82) is 0 Å². The van der Waals surface area contributed by atoms with Gasteiger partial charge in [-0.15, -0.1) is 0 Å². The number of benzene rings is 1. The first-order chi connectivity index (χ1) is 13.2. The minimum absolute atomic E-state index is 0.0728. The number of nitrogens with one attached hydrogen (secondary N) is 2. The number of hydrogen-bond donors (Lipinski definition) is 3. The van der Waals surface area contributed by atoms with Crippen LogP contribution in [0.1, 0.15) is 31.2 Å². The highest BCUT2D eigenvalue weighted by atomic mass is 32.2. The van der Waals surface area contributed by atoms with Crippen LogP contribution in [0.15, 0.2) is 35.3 Å². The number of aryl methyl sites for hydroxylation is 2. The number of aliphatic hydroxyl groups excluding tert-OH is 1. The topological polar surface area (TPSA) is 100 Å². The highest BCUT2D eigenvalue weighted by molar-refractivity contribution is 7.94. The van der Waals surface area contributed by atoms with Gasteiger partial charge in [-0.25, -0.2) is 12.8 Å². The summed E-state index contributed by atoms with van der Waals surface area (Å²) in [6, 6.07) is 5.82. The molecule has 3 N–H and O–H groups in total. The second kappa shape index (κ2) is 7.56. The third-order valence-electron chi connectivity index (χ3n) is 5.03. The van der Waals surface area contributed by atoms with Gasteiger partial charge in [0.15, 0.2) is 0 Å². The summed E-state index contributed by atoms with van der Waals surface area (Å²) < 4.78 is 43.0. The first kappa shape index (κ1) is 20.3. The number of pyridine rings is 1. The van der Waals surface area contributed by atoms with E-state index < -0.39 is 20.6 Å². The van der Waals surface area contributed by atoms with E-state index in [0.717, 1.165) is 5.56 Å². The number of rotatable bonds is 8. The van der Waals surface area contributed by atoms with E-state index in [1.54, 1.807) is 13.0 Å². The fourth-order valence-corrected chi connectivity index (χ4v) is 4.85. The maximum atomic E-state index is 14.2. The maximum absolute atomic E-state index is 14.2. The molecule has 0 amide bonds. The molecule has 9 heteroatoms. The SMILES string of the molecule is Cc1ccc(Nc2cc(=O)n(C)cc2NS(=O)(=O)C2(CCCO)CC2)c(F)c1. The monoisotopic (exact) mass is 409 g/mol. The van der Waals surface area contributed by atoms with Crippen molar-refractivity contribution < 1.29 is 17.9 Å². The molecule has 1 aromatic heterocycles. The van der Waals surface area contributed by atoms with E-state index in [1.807, 2.05) is 0 Å². The Bertz CT molecular complexity index is 1050. The molecule has 1 aliphatic rings. The summed E-state index contributed by atoms with van der Waals surface area (Å²) in [7, 11) is -2.24. The number of aromatic nitrogens is 1. The Morgan fingerprint density at radius 1 is 1.21 bits per heavy atom. The lowest BCUT2D eigenvalue weighted by molar-refractivity contribution is 0.282. The van der Waals surface area contributed by atoms with Gasteiger partial charge in [-0.2, -0.15) is 0 Å². The second-order valence-electron chi connectivity index (χ2n) is 7.27. The number of nitrogens with zero attached hydrogens (tertiary/aromatic N) is 1. The average molecular weight is 409 g/mol. The van der Waals surface area contributed by atoms with Gasteiger partial charge in [-0.1, -0.05) is 6.07 Å². The van der Waals surface area contributed by atoms with E-state index in [2.05, 4.69) is 10.0 Å². The highest BCUT2D eigenvalue weighted by Crippen LogP contribution is 2.48. The molecule has 28 heavy (non-hydrogen) atoms. The average Bonchev–Trinajstić information content (AvgIpc) is 3.41. The third-order valence-corrected chi connectivity index (χ3v) is 7.28. The molecular formula is C19H24FN3O4S. The molecule has 7 nitrogen and oxygen atoms in total. The van der Waals surface area contributed by atoms with Crippen LogP contribution in [-0.4, -0.2) is 29.4 Å². The molecule has 0 unspecified atom stereocenters. The van der Waals surface area contributed by atoms with Gasteiger partial charge in [0.25, 0.3) is 5.56 Å². The smallest absolute Gasteiger partial charge is 0.252 e. The third kappa shape index (κ3) is 4.05. The standard InChI is InChI=1S/C19H24FN3O4S/c1-13-4-5-15(14(20)10-13)21-16-11-18(25)23(2)12-17(16)22-28(26,27)19(7-8-19)6-3-9-24/h4-5,10-12,21-22,24H,3,6-9H2,1-2H3. The number of hydrogen-bond acceptors (Lipinski definition) is 5. The van der Waals surface area contributed by atoms with E-state index in [-0.39, 0.29) is 29.2 Å². The van der Waals surface area contributed by atoms with Crippen LogP contribution in [-0.2, 0) is 17.1 Å². The minimum atomic E-state index is -3.75. The van der Waals surface area contributed by atoms with Crippen molar-refractivity contribution in [3.63, 3.8) is 0 Å². The van der Waals surface area contributed by atoms with Crippen molar-refractivity contribution in [2.24, 2.45) is 7.05 Å². The number of sulfonamides is 1. The van der Waals surface area contributed by atoms with Crippen LogP contribution in [0.25, 0.3) is 0 Å². The molecule has 2 aromatic rings. The van der Waals surface area contributed by atoms with Crippen molar-refractivity contribution in [2.75, 3.05) is 16.6 Å². The lowest BCUT2D eigenvalue weighted by atomic mass is 10.2. The summed E-state index contributed by atoms with van der Waals surface area (Å²) in [5.74, 6) is -0.504.